The van der Waals surface area contributed by atoms with Gasteiger partial charge in [0.25, 0.3) is 0 Å². The van der Waals surface area contributed by atoms with E-state index >= 15 is 0 Å². The van der Waals surface area contributed by atoms with Crippen LogP contribution in [0.3, 0.4) is 0 Å². The van der Waals surface area contributed by atoms with Gasteiger partial charge in [-0.1, -0.05) is 7.43 Å². The van der Waals surface area contributed by atoms with Gasteiger partial charge in [-0.3, -0.25) is 14.7 Å². The van der Waals surface area contributed by atoms with Crippen molar-refractivity contribution in [1.29, 1.82) is 0 Å². The predicted octanol–water partition coefficient (Wildman–Crippen LogP) is -18.9. The summed E-state index contributed by atoms with van der Waals surface area (Å²) in [6.45, 7) is -4.16. The van der Waals surface area contributed by atoms with Gasteiger partial charge in [-0.2, -0.15) is 0 Å². The Labute approximate surface area is 288 Å². The minimum absolute atomic E-state index is 0. The third-order valence-electron chi connectivity index (χ3n) is 3.23. The van der Waals surface area contributed by atoms with Gasteiger partial charge in [-0.15, -0.1) is 0 Å². The Kier molecular flexibility index (Phi) is 46.0. The van der Waals surface area contributed by atoms with E-state index in [9.17, 15) is 49.5 Å². The molecule has 2 N–H and O–H groups in total. The fraction of sp³-hybridized carbons (Fsp3) is 0.667. The first-order valence-electron chi connectivity index (χ1n) is 7.66. The summed E-state index contributed by atoms with van der Waals surface area (Å²) in [6, 6.07) is 0. The van der Waals surface area contributed by atoms with E-state index in [1.807, 2.05) is 0 Å². The van der Waals surface area contributed by atoms with Crippen LogP contribution in [0.25, 0.3) is 0 Å². The van der Waals surface area contributed by atoms with Gasteiger partial charge in [-0.05, 0) is 0 Å². The van der Waals surface area contributed by atoms with Crippen LogP contribution in [0, 0.1) is 0 Å². The second kappa shape index (κ2) is 29.7. The molecule has 18 heteroatoms. The summed E-state index contributed by atoms with van der Waals surface area (Å²) >= 11 is 0. The smallest absolute Gasteiger partial charge is 0.549 e. The molecular formula is C15H24CaN3Na3O11. The molecule has 0 aromatic heterocycles. The number of carbonyl (C=O) groups is 5. The summed E-state index contributed by atoms with van der Waals surface area (Å²) in [5, 5.41) is 53.3. The number of hydrogen-bond acceptors (Lipinski definition) is 13. The van der Waals surface area contributed by atoms with E-state index in [2.05, 4.69) is 0 Å². The number of nitrogens with zero attached hydrogens (tertiary/aromatic N) is 3. The Morgan fingerprint density at radius 3 is 0.788 bits per heavy atom. The molecule has 0 radical (unpaired) electrons. The molecular weight excluding hydrogens is 507 g/mol. The van der Waals surface area contributed by atoms with Gasteiger partial charge in [0, 0.05) is 58.9 Å². The second-order valence-electron chi connectivity index (χ2n) is 5.56. The van der Waals surface area contributed by atoms with Gasteiger partial charge >= 0.3 is 126 Å². The normalized spacial score (nSPS) is 9.06. The molecule has 0 saturated heterocycles. The van der Waals surface area contributed by atoms with Gasteiger partial charge in [0.1, 0.15) is 0 Å². The molecule has 33 heavy (non-hydrogen) atoms. The number of carbonyl (C=O) groups excluding carboxylic acids is 5. The second-order valence-corrected chi connectivity index (χ2v) is 5.56. The molecule has 0 atom stereocenters. The molecule has 0 saturated carbocycles. The minimum Gasteiger partial charge on any atom is -0.549 e. The minimum atomic E-state index is -1.54. The first kappa shape index (κ1) is 51.2. The van der Waals surface area contributed by atoms with E-state index in [4.69, 9.17) is 0 Å². The Morgan fingerprint density at radius 1 is 0.455 bits per heavy atom. The average Bonchev–Trinajstić information content (AvgIpc) is 2.46. The van der Waals surface area contributed by atoms with Crippen LogP contribution in [0.2, 0.25) is 0 Å². The standard InChI is InChI=1S/C14H23N3O10.CH4.Ca.3Na.H2O/c18-10(19)5-15(1-3-16(6-11(20)21)7-12(22)23)2-4-17(8-13(24)25)9-14(26)27;;;;;;/h1-9H2,(H,18,19)(H,20,21)(H,22,23)(H,24,25)(H,26,27);1H4;;;;;1H2/q;;+2;3*+1;/p-5. The van der Waals surface area contributed by atoms with E-state index in [0.29, 0.717) is 0 Å². The molecule has 0 aliphatic rings. The quantitative estimate of drug-likeness (QED) is 0.168. The third kappa shape index (κ3) is 33.4. The molecule has 0 aromatic carbocycles. The van der Waals surface area contributed by atoms with Crippen LogP contribution in [-0.2, 0) is 24.0 Å². The van der Waals surface area contributed by atoms with Crippen molar-refractivity contribution in [3.8, 4) is 0 Å². The van der Waals surface area contributed by atoms with Crippen LogP contribution >= 0.6 is 0 Å². The topological polar surface area (TPSA) is 242 Å². The average molecular weight is 531 g/mol. The van der Waals surface area contributed by atoms with Crippen molar-refractivity contribution in [1.82, 2.24) is 14.7 Å². The molecule has 0 heterocycles. The summed E-state index contributed by atoms with van der Waals surface area (Å²) in [5.74, 6) is -7.67. The van der Waals surface area contributed by atoms with Crippen molar-refractivity contribution in [2.45, 2.75) is 7.43 Å². The summed E-state index contributed by atoms with van der Waals surface area (Å²) in [5.41, 5.74) is 0. The maximum atomic E-state index is 10.8. The summed E-state index contributed by atoms with van der Waals surface area (Å²) < 4.78 is 0. The van der Waals surface area contributed by atoms with Crippen molar-refractivity contribution >= 4 is 67.6 Å². The van der Waals surface area contributed by atoms with Gasteiger partial charge in [0.2, 0.25) is 0 Å². The van der Waals surface area contributed by atoms with E-state index < -0.39 is 62.6 Å². The zero-order chi connectivity index (χ0) is 21.0. The number of hydrogen-bond donors (Lipinski definition) is 0. The number of aliphatic carboxylic acids is 5. The monoisotopic (exact) mass is 531 g/mol. The maximum Gasteiger partial charge on any atom is 2.00 e. The molecule has 0 aliphatic heterocycles. The fourth-order valence-corrected chi connectivity index (χ4v) is 2.18. The van der Waals surface area contributed by atoms with Crippen molar-refractivity contribution in [3.63, 3.8) is 0 Å². The first-order chi connectivity index (χ1) is 12.5. The third-order valence-corrected chi connectivity index (χ3v) is 3.23. The van der Waals surface area contributed by atoms with Crippen molar-refractivity contribution in [3.05, 3.63) is 0 Å². The van der Waals surface area contributed by atoms with Crippen LogP contribution in [0.5, 0.6) is 0 Å². The van der Waals surface area contributed by atoms with Gasteiger partial charge in [0.15, 0.2) is 0 Å². The maximum absolute atomic E-state index is 10.8. The number of carboxylic acid groups (broad SMARTS) is 5. The van der Waals surface area contributed by atoms with Gasteiger partial charge in [0.05, 0.1) is 29.8 Å². The van der Waals surface area contributed by atoms with Crippen molar-refractivity contribution in [2.75, 3.05) is 58.9 Å². The Morgan fingerprint density at radius 2 is 0.606 bits per heavy atom. The predicted molar refractivity (Wildman–Crippen MR) is 90.5 cm³/mol. The van der Waals surface area contributed by atoms with Crippen LogP contribution in [0.1, 0.15) is 7.43 Å². The van der Waals surface area contributed by atoms with E-state index in [0.717, 1.165) is 9.80 Å². The molecule has 0 aromatic rings. The van der Waals surface area contributed by atoms with E-state index in [1.54, 1.807) is 0 Å². The SMILES string of the molecule is C.O.O=C([O-])CN(CCN(CC(=O)[O-])CC(=O)[O-])CCN(CC(=O)[O-])CC(=O)[O-].[Ca+2].[Na+].[Na+].[Na+]. The van der Waals surface area contributed by atoms with Crippen LogP contribution in [0.4, 0.5) is 0 Å². The zero-order valence-electron chi connectivity index (χ0n) is 18.5. The molecule has 170 valence electrons. The molecule has 0 bridgehead atoms. The Hall–Kier alpha value is 1.45. The van der Waals surface area contributed by atoms with Crippen LogP contribution in [0.15, 0.2) is 0 Å². The van der Waals surface area contributed by atoms with Crippen molar-refractivity contribution in [2.24, 2.45) is 0 Å². The van der Waals surface area contributed by atoms with E-state index in [-0.39, 0.29) is 165 Å². The van der Waals surface area contributed by atoms with Crippen LogP contribution < -0.4 is 114 Å². The van der Waals surface area contributed by atoms with Crippen molar-refractivity contribution < 1.29 is 144 Å². The first-order valence-corrected chi connectivity index (χ1v) is 7.66. The van der Waals surface area contributed by atoms with E-state index in [1.165, 1.54) is 4.90 Å². The molecule has 0 amide bonds. The van der Waals surface area contributed by atoms with Crippen LogP contribution in [-0.4, -0.2) is 147 Å². The summed E-state index contributed by atoms with van der Waals surface area (Å²) in [6.07, 6.45) is 0. The van der Waals surface area contributed by atoms with Gasteiger partial charge in [-0.25, -0.2) is 0 Å². The molecule has 14 nitrogen and oxygen atoms in total. The molecule has 0 spiro atoms. The number of rotatable bonds is 16. The van der Waals surface area contributed by atoms with Gasteiger partial charge < -0.3 is 55.0 Å². The Bertz CT molecular complexity index is 504. The molecule has 0 fully saturated rings. The molecule has 0 unspecified atom stereocenters. The largest absolute Gasteiger partial charge is 2.00 e. The number of carboxylic acids is 5. The molecule has 0 aliphatic carbocycles. The Balaban J connectivity index is -0.000000225. The molecule has 0 rings (SSSR count). The zero-order valence-corrected chi connectivity index (χ0v) is 26.7. The summed E-state index contributed by atoms with van der Waals surface area (Å²) in [4.78, 5) is 56.4. The summed E-state index contributed by atoms with van der Waals surface area (Å²) in [7, 11) is 0. The fourth-order valence-electron chi connectivity index (χ4n) is 2.18.